The maximum atomic E-state index is 12.6. The number of hydrogen-bond acceptors (Lipinski definition) is 22. The second-order valence-corrected chi connectivity index (χ2v) is 20.9. The first-order valence-corrected chi connectivity index (χ1v) is 29.3. The molecular formula is C48H68BrN24O9S2+. The van der Waals surface area contributed by atoms with Gasteiger partial charge < -0.3 is 35.5 Å². The summed E-state index contributed by atoms with van der Waals surface area (Å²) in [6.45, 7) is 18.4. The molecule has 0 amide bonds. The Morgan fingerprint density at radius 1 is 0.643 bits per heavy atom. The van der Waals surface area contributed by atoms with Crippen molar-refractivity contribution in [3.8, 4) is 0 Å². The second-order valence-electron chi connectivity index (χ2n) is 16.7. The number of nitrogen functional groups attached to an aromatic ring is 1. The van der Waals surface area contributed by atoms with Gasteiger partial charge in [-0.3, -0.25) is 13.9 Å². The van der Waals surface area contributed by atoms with Gasteiger partial charge >= 0.3 is 0 Å². The highest BCUT2D eigenvalue weighted by Gasteiger charge is 2.23. The zero-order valence-corrected chi connectivity index (χ0v) is 50.3. The van der Waals surface area contributed by atoms with Crippen molar-refractivity contribution in [3.05, 3.63) is 146 Å². The molecule has 12 rings (SSSR count). The minimum absolute atomic E-state index is 0. The highest BCUT2D eigenvalue weighted by atomic mass is 79.9. The molecule has 0 atom stereocenters. The van der Waals surface area contributed by atoms with Crippen molar-refractivity contribution in [1.29, 1.82) is 0 Å². The van der Waals surface area contributed by atoms with Crippen LogP contribution in [0, 0.1) is 27.7 Å². The third kappa shape index (κ3) is 18.4. The van der Waals surface area contributed by atoms with E-state index in [-0.39, 0.29) is 39.4 Å². The van der Waals surface area contributed by atoms with Crippen LogP contribution in [0.15, 0.2) is 133 Å². The quantitative estimate of drug-likeness (QED) is 0.0456. The predicted molar refractivity (Wildman–Crippen MR) is 312 cm³/mol. The summed E-state index contributed by atoms with van der Waals surface area (Å²) in [5, 5.41) is 36.9. The van der Waals surface area contributed by atoms with Crippen LogP contribution in [0.5, 0.6) is 0 Å². The molecule has 0 fully saturated rings. The molecule has 0 bridgehead atoms. The van der Waals surface area contributed by atoms with Crippen LogP contribution in [0.4, 0.5) is 11.9 Å². The van der Waals surface area contributed by atoms with E-state index in [1.165, 1.54) is 36.0 Å². The fourth-order valence-corrected chi connectivity index (χ4v) is 9.90. The summed E-state index contributed by atoms with van der Waals surface area (Å²) in [6, 6.07) is 13.4. The van der Waals surface area contributed by atoms with E-state index in [1.54, 1.807) is 107 Å². The molecule has 12 aromatic rings. The molecule has 10 aromatic heterocycles. The van der Waals surface area contributed by atoms with E-state index in [2.05, 4.69) is 102 Å². The van der Waals surface area contributed by atoms with Crippen LogP contribution in [-0.4, -0.2) is 174 Å². The molecule has 10 heterocycles. The Morgan fingerprint density at radius 3 is 1.76 bits per heavy atom. The Hall–Kier alpha value is -8.78. The molecule has 0 spiro atoms. The molecule has 0 saturated carbocycles. The Kier molecular flexibility index (Phi) is 25.7. The van der Waals surface area contributed by atoms with Crippen LogP contribution in [-0.2, 0) is 44.5 Å². The number of anilines is 2. The number of aromatic amines is 4. The number of ether oxygens (including phenoxy) is 4. The highest BCUT2D eigenvalue weighted by molar-refractivity contribution is 9.09. The van der Waals surface area contributed by atoms with E-state index in [4.69, 9.17) is 24.7 Å². The van der Waals surface area contributed by atoms with Crippen LogP contribution in [0.1, 0.15) is 50.2 Å². The summed E-state index contributed by atoms with van der Waals surface area (Å²) >= 11 is 3.27. The molecule has 0 aliphatic heterocycles. The van der Waals surface area contributed by atoms with Gasteiger partial charge in [0.15, 0.2) is 12.6 Å². The summed E-state index contributed by atoms with van der Waals surface area (Å²) in [5.41, 5.74) is 8.54. The standard InChI is InChI=1S/2C12H12N4O2S.C8H16N4O2.C6H13BrO2.2C4H4N4.C2H4N4.H2O/c1-9-3-5-11(6-4-9)19(17,18)16-7-10(2)15-8-13-14-12(15)16;1-9-3-5-11(6-4-9)19(17,18)15-7-10(2)16-12(15)13-8-14-16;1-3-13-7(14-4-2)5-9-8-10-6-11-12-8;1-3-8-6(5-7)9-4-2;1-2-8-3-6-7-4(8)5-1;1-2-8-4(5-1)6-3-7-8;3-2-4-1-5-6-2;/h2*3-8H,1-2H3;6-7H,3-5H2,1-2H3,(H2,9,10,11,12);6H,3-5H2,1-2H3;1-3H,(H,5,7);1-3H,(H,5,6,7);1H,(H3,3,4,5,6);1H2/p+1. The van der Waals surface area contributed by atoms with Gasteiger partial charge in [0, 0.05) is 69.3 Å². The van der Waals surface area contributed by atoms with E-state index in [0.717, 1.165) is 35.9 Å². The number of hydrogen-bond donors (Lipinski definition) is 6. The third-order valence-electron chi connectivity index (χ3n) is 10.8. The van der Waals surface area contributed by atoms with E-state index < -0.39 is 20.0 Å². The van der Waals surface area contributed by atoms with Gasteiger partial charge in [-0.05, 0) is 79.7 Å². The lowest BCUT2D eigenvalue weighted by molar-refractivity contribution is -0.126. The third-order valence-corrected chi connectivity index (χ3v) is 14.6. The SMILES string of the molecule is CCOC(CBr)OCC.CCOC(CNc1ncn[nH]1)OCC.Cc1ccc(S(=O)(=O)n2cc(C)n3cnnc23)cc1.Cc1ccc(S(=O)(=O)n2cc(C)n3ncnc23)cc1.Nc1ncn[nH]1.[OH3+].c1cn2[nH]cnc2n1.c1cn2cn[nH]c2n1. The average molecular weight is 1270 g/mol. The number of aryl methyl sites for hydroxylation is 4. The minimum atomic E-state index is -3.64. The molecule has 10 N–H and O–H groups in total. The van der Waals surface area contributed by atoms with Gasteiger partial charge in [0.2, 0.25) is 35.0 Å². The van der Waals surface area contributed by atoms with E-state index >= 15 is 0 Å². The molecule has 0 radical (unpaired) electrons. The van der Waals surface area contributed by atoms with Crippen molar-refractivity contribution in [2.75, 3.05) is 49.4 Å². The first-order valence-electron chi connectivity index (χ1n) is 25.3. The summed E-state index contributed by atoms with van der Waals surface area (Å²) in [4.78, 5) is 23.6. The van der Waals surface area contributed by atoms with E-state index in [1.807, 2.05) is 53.9 Å². The minimum Gasteiger partial charge on any atom is -0.457 e. The molecular weight excluding hydrogens is 1200 g/mol. The van der Waals surface area contributed by atoms with E-state index in [0.29, 0.717) is 56.3 Å². The number of alkyl halides is 1. The maximum absolute atomic E-state index is 12.6. The van der Waals surface area contributed by atoms with Gasteiger partial charge in [0.25, 0.3) is 20.0 Å². The number of imidazole rings is 4. The highest BCUT2D eigenvalue weighted by Crippen LogP contribution is 2.20. The number of halogens is 1. The number of nitrogens with zero attached hydrogens (tertiary/aromatic N) is 18. The van der Waals surface area contributed by atoms with Crippen molar-refractivity contribution in [1.82, 2.24) is 107 Å². The first-order chi connectivity index (χ1) is 40.0. The number of rotatable bonds is 16. The van der Waals surface area contributed by atoms with Crippen LogP contribution < -0.4 is 11.1 Å². The fraction of sp³-hybridized carbons (Fsp3) is 0.333. The molecule has 0 aliphatic rings. The van der Waals surface area contributed by atoms with Gasteiger partial charge in [0.1, 0.15) is 38.0 Å². The summed E-state index contributed by atoms with van der Waals surface area (Å²) in [7, 11) is -7.28. The Labute approximate surface area is 490 Å². The van der Waals surface area contributed by atoms with E-state index in [9.17, 15) is 16.8 Å². The smallest absolute Gasteiger partial charge is 0.270 e. The molecule has 0 aliphatic carbocycles. The molecule has 0 saturated heterocycles. The van der Waals surface area contributed by atoms with Gasteiger partial charge in [-0.2, -0.15) is 25.4 Å². The van der Waals surface area contributed by atoms with Crippen LogP contribution in [0.3, 0.4) is 0 Å². The normalized spacial score (nSPS) is 11.0. The first kappa shape index (κ1) is 66.0. The van der Waals surface area contributed by atoms with Gasteiger partial charge in [-0.25, -0.2) is 74.0 Å². The molecule has 2 aromatic carbocycles. The fourth-order valence-electron chi connectivity index (χ4n) is 6.85. The number of fused-ring (bicyclic) bond motifs is 4. The zero-order chi connectivity index (χ0) is 59.8. The van der Waals surface area contributed by atoms with Crippen LogP contribution in [0.25, 0.3) is 23.1 Å². The van der Waals surface area contributed by atoms with Crippen molar-refractivity contribution in [2.24, 2.45) is 0 Å². The average Bonchev–Trinajstić information content (AvgIpc) is 3.35. The van der Waals surface area contributed by atoms with Crippen molar-refractivity contribution in [3.63, 3.8) is 0 Å². The van der Waals surface area contributed by atoms with Crippen molar-refractivity contribution >= 4 is 71.0 Å². The molecule has 33 nitrogen and oxygen atoms in total. The Bertz CT molecular complexity index is 3620. The van der Waals surface area contributed by atoms with Gasteiger partial charge in [-0.1, -0.05) is 51.3 Å². The lowest BCUT2D eigenvalue weighted by Crippen LogP contribution is -2.26. The molecule has 0 unspecified atom stereocenters. The summed E-state index contributed by atoms with van der Waals surface area (Å²) in [5.74, 6) is 3.05. The van der Waals surface area contributed by atoms with Gasteiger partial charge in [0.05, 0.1) is 27.4 Å². The predicted octanol–water partition coefficient (Wildman–Crippen LogP) is 3.75. The topological polar surface area (TPSA) is 422 Å². The lowest BCUT2D eigenvalue weighted by Gasteiger charge is -2.16. The Balaban J connectivity index is 0.000000186. The summed E-state index contributed by atoms with van der Waals surface area (Å²) in [6.07, 6.45) is 18.7. The number of nitrogens with two attached hydrogens (primary N) is 1. The lowest BCUT2D eigenvalue weighted by atomic mass is 10.2. The van der Waals surface area contributed by atoms with Crippen molar-refractivity contribution in [2.45, 2.75) is 77.8 Å². The molecule has 36 heteroatoms. The van der Waals surface area contributed by atoms with Crippen molar-refractivity contribution < 1.29 is 41.3 Å². The number of nitrogens with one attached hydrogen (secondary N) is 5. The Morgan fingerprint density at radius 2 is 1.23 bits per heavy atom. The maximum Gasteiger partial charge on any atom is 0.270 e. The largest absolute Gasteiger partial charge is 0.457 e. The monoisotopic (exact) mass is 1270 g/mol. The van der Waals surface area contributed by atoms with Crippen LogP contribution in [0.2, 0.25) is 0 Å². The molecule has 452 valence electrons. The molecule has 84 heavy (non-hydrogen) atoms. The summed E-state index contributed by atoms with van der Waals surface area (Å²) < 4.78 is 80.2. The second kappa shape index (κ2) is 32.8. The number of aromatic nitrogens is 22. The van der Waals surface area contributed by atoms with Gasteiger partial charge in [-0.15, -0.1) is 10.2 Å². The number of benzene rings is 2. The zero-order valence-electron chi connectivity index (χ0n) is 47.1. The number of H-pyrrole nitrogens is 4. The van der Waals surface area contributed by atoms with Crippen LogP contribution >= 0.6 is 15.9 Å².